The zero-order valence-electron chi connectivity index (χ0n) is 9.69. The topological polar surface area (TPSA) is 72.2 Å². The molecule has 1 aliphatic rings. The van der Waals surface area contributed by atoms with E-state index in [4.69, 9.17) is 11.6 Å². The summed E-state index contributed by atoms with van der Waals surface area (Å²) >= 11 is 5.90. The predicted molar refractivity (Wildman–Crippen MR) is 67.8 cm³/mol. The Bertz CT molecular complexity index is 484. The third-order valence-corrected chi connectivity index (χ3v) is 3.43. The molecule has 0 unspecified atom stereocenters. The van der Waals surface area contributed by atoms with Crippen LogP contribution in [0.4, 0.5) is 5.69 Å². The van der Waals surface area contributed by atoms with Gasteiger partial charge in [0.05, 0.1) is 15.5 Å². The summed E-state index contributed by atoms with van der Waals surface area (Å²) in [5, 5.41) is 13.8. The van der Waals surface area contributed by atoms with E-state index >= 15 is 0 Å². The van der Waals surface area contributed by atoms with Gasteiger partial charge < -0.3 is 5.32 Å². The second kappa shape index (κ2) is 5.35. The van der Waals surface area contributed by atoms with Gasteiger partial charge in [0.15, 0.2) is 0 Å². The van der Waals surface area contributed by atoms with Crippen LogP contribution in [0.3, 0.4) is 0 Å². The first-order chi connectivity index (χ1) is 8.58. The molecule has 0 aromatic heterocycles. The lowest BCUT2D eigenvalue weighted by molar-refractivity contribution is -0.384. The zero-order valence-corrected chi connectivity index (χ0v) is 10.4. The van der Waals surface area contributed by atoms with E-state index in [0.29, 0.717) is 0 Å². The van der Waals surface area contributed by atoms with Crippen LogP contribution in [0.15, 0.2) is 18.2 Å². The number of non-ortho nitro benzene ring substituents is 1. The molecule has 1 amide bonds. The molecule has 0 saturated heterocycles. The second-order valence-electron chi connectivity index (χ2n) is 4.38. The Labute approximate surface area is 109 Å². The molecule has 1 aromatic rings. The van der Waals surface area contributed by atoms with Crippen LogP contribution in [0.2, 0.25) is 5.02 Å². The fraction of sp³-hybridized carbons (Fsp3) is 0.417. The Morgan fingerprint density at radius 1 is 1.39 bits per heavy atom. The minimum Gasteiger partial charge on any atom is -0.349 e. The van der Waals surface area contributed by atoms with Gasteiger partial charge in [-0.05, 0) is 18.9 Å². The quantitative estimate of drug-likeness (QED) is 0.677. The maximum Gasteiger partial charge on any atom is 0.270 e. The van der Waals surface area contributed by atoms with Gasteiger partial charge in [0.2, 0.25) is 0 Å². The third kappa shape index (κ3) is 2.79. The summed E-state index contributed by atoms with van der Waals surface area (Å²) in [6.07, 6.45) is 4.12. The van der Waals surface area contributed by atoms with Crippen molar-refractivity contribution in [3.8, 4) is 0 Å². The minimum atomic E-state index is -0.539. The first kappa shape index (κ1) is 12.8. The van der Waals surface area contributed by atoms with Crippen molar-refractivity contribution in [2.24, 2.45) is 0 Å². The summed E-state index contributed by atoms with van der Waals surface area (Å²) in [5.74, 6) is -0.337. The van der Waals surface area contributed by atoms with Gasteiger partial charge in [-0.3, -0.25) is 14.9 Å². The number of halogens is 1. The molecule has 1 fully saturated rings. The number of rotatable bonds is 3. The van der Waals surface area contributed by atoms with Crippen molar-refractivity contribution in [2.45, 2.75) is 31.7 Å². The Kier molecular flexibility index (Phi) is 3.81. The molecule has 6 heteroatoms. The van der Waals surface area contributed by atoms with Crippen molar-refractivity contribution in [1.82, 2.24) is 5.32 Å². The molecule has 5 nitrogen and oxygen atoms in total. The number of nitro groups is 1. The predicted octanol–water partition coefficient (Wildman–Crippen LogP) is 2.92. The van der Waals surface area contributed by atoms with Crippen LogP contribution in [0.5, 0.6) is 0 Å². The first-order valence-corrected chi connectivity index (χ1v) is 6.20. The molecule has 0 bridgehead atoms. The van der Waals surface area contributed by atoms with E-state index < -0.39 is 4.92 Å². The number of carbonyl (C=O) groups excluding carboxylic acids is 1. The highest BCUT2D eigenvalue weighted by Crippen LogP contribution is 2.23. The molecule has 96 valence electrons. The van der Waals surface area contributed by atoms with E-state index in [1.54, 1.807) is 0 Å². The highest BCUT2D eigenvalue weighted by Gasteiger charge is 2.21. The van der Waals surface area contributed by atoms with Gasteiger partial charge in [-0.15, -0.1) is 0 Å². The highest BCUT2D eigenvalue weighted by atomic mass is 35.5. The Hall–Kier alpha value is -1.62. The third-order valence-electron chi connectivity index (χ3n) is 3.10. The van der Waals surface area contributed by atoms with Crippen molar-refractivity contribution in [2.75, 3.05) is 0 Å². The lowest BCUT2D eigenvalue weighted by Gasteiger charge is -2.12. The first-order valence-electron chi connectivity index (χ1n) is 5.83. The standard InChI is InChI=1S/C12H13ClN2O3/c13-11-6-5-9(15(17)18)7-10(11)12(16)14-8-3-1-2-4-8/h5-8H,1-4H2,(H,14,16). The molecule has 18 heavy (non-hydrogen) atoms. The van der Waals surface area contributed by atoms with Gasteiger partial charge in [0, 0.05) is 18.2 Å². The van der Waals surface area contributed by atoms with Crippen LogP contribution in [-0.2, 0) is 0 Å². The maximum atomic E-state index is 12.0. The van der Waals surface area contributed by atoms with Gasteiger partial charge in [-0.1, -0.05) is 24.4 Å². The summed E-state index contributed by atoms with van der Waals surface area (Å²) in [6, 6.07) is 4.04. The summed E-state index contributed by atoms with van der Waals surface area (Å²) < 4.78 is 0. The molecule has 1 saturated carbocycles. The SMILES string of the molecule is O=C(NC1CCCC1)c1cc([N+](=O)[O-])ccc1Cl. The normalized spacial score (nSPS) is 15.6. The van der Waals surface area contributed by atoms with Crippen molar-refractivity contribution >= 4 is 23.2 Å². The van der Waals surface area contributed by atoms with Gasteiger partial charge in [-0.2, -0.15) is 0 Å². The Morgan fingerprint density at radius 3 is 2.67 bits per heavy atom. The summed E-state index contributed by atoms with van der Waals surface area (Å²) in [6.45, 7) is 0. The number of hydrogen-bond acceptors (Lipinski definition) is 3. The zero-order chi connectivity index (χ0) is 13.1. The van der Waals surface area contributed by atoms with E-state index in [1.165, 1.54) is 18.2 Å². The van der Waals surface area contributed by atoms with Crippen LogP contribution < -0.4 is 5.32 Å². The van der Waals surface area contributed by atoms with E-state index in [-0.39, 0.29) is 28.2 Å². The number of nitrogens with one attached hydrogen (secondary N) is 1. The number of amides is 1. The minimum absolute atomic E-state index is 0.129. The van der Waals surface area contributed by atoms with Crippen molar-refractivity contribution in [1.29, 1.82) is 0 Å². The van der Waals surface area contributed by atoms with Crippen molar-refractivity contribution in [3.05, 3.63) is 38.9 Å². The molecule has 1 N–H and O–H groups in total. The van der Waals surface area contributed by atoms with Crippen LogP contribution in [0.25, 0.3) is 0 Å². The largest absolute Gasteiger partial charge is 0.349 e. The van der Waals surface area contributed by atoms with Crippen LogP contribution in [0.1, 0.15) is 36.0 Å². The molecule has 0 aliphatic heterocycles. The van der Waals surface area contributed by atoms with E-state index in [0.717, 1.165) is 25.7 Å². The van der Waals surface area contributed by atoms with E-state index in [9.17, 15) is 14.9 Å². The average Bonchev–Trinajstić information content (AvgIpc) is 2.81. The molecule has 2 rings (SSSR count). The molecular weight excluding hydrogens is 256 g/mol. The van der Waals surface area contributed by atoms with Crippen LogP contribution in [-0.4, -0.2) is 16.9 Å². The smallest absolute Gasteiger partial charge is 0.270 e. The highest BCUT2D eigenvalue weighted by molar-refractivity contribution is 6.33. The number of carbonyl (C=O) groups is 1. The molecular formula is C12H13ClN2O3. The van der Waals surface area contributed by atoms with Gasteiger partial charge >= 0.3 is 0 Å². The van der Waals surface area contributed by atoms with E-state index in [1.807, 2.05) is 0 Å². The lowest BCUT2D eigenvalue weighted by Crippen LogP contribution is -2.32. The lowest BCUT2D eigenvalue weighted by atomic mass is 10.1. The fourth-order valence-corrected chi connectivity index (χ4v) is 2.34. The number of benzene rings is 1. The molecule has 0 radical (unpaired) electrons. The molecule has 0 heterocycles. The van der Waals surface area contributed by atoms with Gasteiger partial charge in [-0.25, -0.2) is 0 Å². The maximum absolute atomic E-state index is 12.0. The van der Waals surface area contributed by atoms with Crippen molar-refractivity contribution < 1.29 is 9.72 Å². The van der Waals surface area contributed by atoms with Crippen LogP contribution >= 0.6 is 11.6 Å². The summed E-state index contributed by atoms with van der Waals surface area (Å²) in [5.41, 5.74) is 0.0359. The number of nitro benzene ring substituents is 1. The number of nitrogens with zero attached hydrogens (tertiary/aromatic N) is 1. The summed E-state index contributed by atoms with van der Waals surface area (Å²) in [7, 11) is 0. The second-order valence-corrected chi connectivity index (χ2v) is 4.78. The molecule has 1 aliphatic carbocycles. The van der Waals surface area contributed by atoms with Gasteiger partial charge in [0.1, 0.15) is 0 Å². The summed E-state index contributed by atoms with van der Waals surface area (Å²) in [4.78, 5) is 22.1. The monoisotopic (exact) mass is 268 g/mol. The average molecular weight is 269 g/mol. The Balaban J connectivity index is 2.17. The molecule has 0 atom stereocenters. The Morgan fingerprint density at radius 2 is 2.06 bits per heavy atom. The fourth-order valence-electron chi connectivity index (χ4n) is 2.13. The van der Waals surface area contributed by atoms with Crippen molar-refractivity contribution in [3.63, 3.8) is 0 Å². The van der Waals surface area contributed by atoms with E-state index in [2.05, 4.69) is 5.32 Å². The number of hydrogen-bond donors (Lipinski definition) is 1. The molecule has 1 aromatic carbocycles. The van der Waals surface area contributed by atoms with Gasteiger partial charge in [0.25, 0.3) is 11.6 Å². The molecule has 0 spiro atoms. The van der Waals surface area contributed by atoms with Crippen LogP contribution in [0, 0.1) is 10.1 Å².